The van der Waals surface area contributed by atoms with Crippen LogP contribution in [-0.4, -0.2) is 34.5 Å². The number of likely N-dealkylation sites (tertiary alicyclic amines) is 1. The molecule has 1 saturated heterocycles. The Morgan fingerprint density at radius 1 is 1.26 bits per heavy atom. The number of nitrogens with zero attached hydrogens (tertiary/aromatic N) is 1. The van der Waals surface area contributed by atoms with Crippen LogP contribution in [0.1, 0.15) is 36.3 Å². The van der Waals surface area contributed by atoms with Gasteiger partial charge < -0.3 is 10.0 Å². The number of halogens is 3. The van der Waals surface area contributed by atoms with Gasteiger partial charge in [-0.25, -0.2) is 4.79 Å². The van der Waals surface area contributed by atoms with Gasteiger partial charge >= 0.3 is 12.1 Å². The predicted molar refractivity (Wildman–Crippen MR) is 74.7 cm³/mol. The Kier molecular flexibility index (Phi) is 3.82. The van der Waals surface area contributed by atoms with Crippen LogP contribution < -0.4 is 0 Å². The number of hydrogen-bond acceptors (Lipinski definition) is 2. The molecular weight excluding hydrogens is 311 g/mol. The van der Waals surface area contributed by atoms with Crippen molar-refractivity contribution in [1.29, 1.82) is 0 Å². The van der Waals surface area contributed by atoms with Gasteiger partial charge in [0.05, 0.1) is 5.56 Å². The van der Waals surface area contributed by atoms with Gasteiger partial charge in [0.15, 0.2) is 0 Å². The van der Waals surface area contributed by atoms with Gasteiger partial charge in [0, 0.05) is 12.5 Å². The molecule has 1 aliphatic heterocycles. The molecule has 124 valence electrons. The Bertz CT molecular complexity index is 644. The molecule has 0 bridgehead atoms. The number of alkyl halides is 3. The molecule has 3 unspecified atom stereocenters. The molecule has 1 amide bonds. The van der Waals surface area contributed by atoms with Gasteiger partial charge in [-0.05, 0) is 36.8 Å². The molecule has 2 fully saturated rings. The summed E-state index contributed by atoms with van der Waals surface area (Å²) in [4.78, 5) is 24.9. The van der Waals surface area contributed by atoms with Gasteiger partial charge in [-0.15, -0.1) is 0 Å². The fourth-order valence-corrected chi connectivity index (χ4v) is 3.28. The van der Waals surface area contributed by atoms with E-state index in [9.17, 15) is 22.8 Å². The Balaban J connectivity index is 1.72. The van der Waals surface area contributed by atoms with E-state index < -0.39 is 29.7 Å². The van der Waals surface area contributed by atoms with Crippen LogP contribution in [0.2, 0.25) is 0 Å². The van der Waals surface area contributed by atoms with Gasteiger partial charge in [-0.2, -0.15) is 13.2 Å². The van der Waals surface area contributed by atoms with Crippen molar-refractivity contribution in [3.63, 3.8) is 0 Å². The smallest absolute Gasteiger partial charge is 0.416 e. The van der Waals surface area contributed by atoms with Crippen LogP contribution in [0.4, 0.5) is 13.2 Å². The molecule has 2 aliphatic rings. The van der Waals surface area contributed by atoms with E-state index in [4.69, 9.17) is 5.11 Å². The summed E-state index contributed by atoms with van der Waals surface area (Å²) in [5, 5.41) is 9.12. The SMILES string of the molecule is O=C(O)C1CCCN1C(=O)C1CC1c1cccc(C(F)(F)F)c1. The lowest BCUT2D eigenvalue weighted by Crippen LogP contribution is -2.41. The highest BCUT2D eigenvalue weighted by atomic mass is 19.4. The third-order valence-electron chi connectivity index (χ3n) is 4.57. The number of hydrogen-bond donors (Lipinski definition) is 1. The standard InChI is InChI=1S/C16H16F3NO3/c17-16(18,19)10-4-1-3-9(7-10)11-8-12(11)14(21)20-6-2-5-13(20)15(22)23/h1,3-4,7,11-13H,2,5-6,8H2,(H,22,23). The number of carboxylic acid groups (broad SMARTS) is 1. The third-order valence-corrected chi connectivity index (χ3v) is 4.57. The van der Waals surface area contributed by atoms with Gasteiger partial charge in [0.2, 0.25) is 5.91 Å². The molecule has 1 aromatic carbocycles. The Morgan fingerprint density at radius 3 is 2.65 bits per heavy atom. The lowest BCUT2D eigenvalue weighted by Gasteiger charge is -2.21. The van der Waals surface area contributed by atoms with E-state index in [0.29, 0.717) is 31.4 Å². The van der Waals surface area contributed by atoms with Crippen LogP contribution in [0, 0.1) is 5.92 Å². The molecule has 23 heavy (non-hydrogen) atoms. The second-order valence-electron chi connectivity index (χ2n) is 6.10. The van der Waals surface area contributed by atoms with E-state index >= 15 is 0 Å². The number of aliphatic carboxylic acids is 1. The molecular formula is C16H16F3NO3. The van der Waals surface area contributed by atoms with Crippen molar-refractivity contribution in [2.24, 2.45) is 5.92 Å². The topological polar surface area (TPSA) is 57.6 Å². The minimum Gasteiger partial charge on any atom is -0.480 e. The van der Waals surface area contributed by atoms with Crippen molar-refractivity contribution in [1.82, 2.24) is 4.90 Å². The molecule has 1 N–H and O–H groups in total. The summed E-state index contributed by atoms with van der Waals surface area (Å²) < 4.78 is 38.3. The number of benzene rings is 1. The summed E-state index contributed by atoms with van der Waals surface area (Å²) in [5.74, 6) is -1.93. The van der Waals surface area contributed by atoms with Crippen LogP contribution in [0.3, 0.4) is 0 Å². The molecule has 1 aromatic rings. The number of carbonyl (C=O) groups excluding carboxylic acids is 1. The summed E-state index contributed by atoms with van der Waals surface area (Å²) in [6, 6.07) is 4.21. The zero-order valence-corrected chi connectivity index (χ0v) is 12.2. The maximum absolute atomic E-state index is 12.8. The Morgan fingerprint density at radius 2 is 2.00 bits per heavy atom. The average Bonchev–Trinajstić information content (AvgIpc) is 3.13. The minimum absolute atomic E-state index is 0.250. The van der Waals surface area contributed by atoms with Crippen molar-refractivity contribution >= 4 is 11.9 Å². The first kappa shape index (κ1) is 15.8. The van der Waals surface area contributed by atoms with E-state index in [2.05, 4.69) is 0 Å². The van der Waals surface area contributed by atoms with Gasteiger partial charge in [0.1, 0.15) is 6.04 Å². The molecule has 0 aromatic heterocycles. The summed E-state index contributed by atoms with van der Waals surface area (Å²) in [5.41, 5.74) is -0.234. The predicted octanol–water partition coefficient (Wildman–Crippen LogP) is 2.88. The number of carboxylic acids is 1. The monoisotopic (exact) mass is 327 g/mol. The third kappa shape index (κ3) is 3.04. The van der Waals surface area contributed by atoms with E-state index in [1.54, 1.807) is 6.07 Å². The zero-order chi connectivity index (χ0) is 16.8. The van der Waals surface area contributed by atoms with Crippen LogP contribution in [0.25, 0.3) is 0 Å². The maximum Gasteiger partial charge on any atom is 0.416 e. The quantitative estimate of drug-likeness (QED) is 0.929. The van der Waals surface area contributed by atoms with E-state index in [-0.39, 0.29) is 11.8 Å². The van der Waals surface area contributed by atoms with E-state index in [0.717, 1.165) is 12.1 Å². The largest absolute Gasteiger partial charge is 0.480 e. The van der Waals surface area contributed by atoms with Crippen LogP contribution in [-0.2, 0) is 15.8 Å². The molecule has 0 spiro atoms. The molecule has 0 radical (unpaired) electrons. The minimum atomic E-state index is -4.41. The second-order valence-corrected chi connectivity index (χ2v) is 6.10. The van der Waals surface area contributed by atoms with Gasteiger partial charge in [0.25, 0.3) is 0 Å². The molecule has 3 rings (SSSR count). The second kappa shape index (κ2) is 5.54. The molecule has 3 atom stereocenters. The fourth-order valence-electron chi connectivity index (χ4n) is 3.28. The highest BCUT2D eigenvalue weighted by Gasteiger charge is 2.49. The number of carbonyl (C=O) groups is 2. The first-order valence-electron chi connectivity index (χ1n) is 7.49. The van der Waals surface area contributed by atoms with Gasteiger partial charge in [-0.3, -0.25) is 4.79 Å². The molecule has 4 nitrogen and oxygen atoms in total. The van der Waals surface area contributed by atoms with Crippen molar-refractivity contribution in [3.05, 3.63) is 35.4 Å². The summed E-state index contributed by atoms with van der Waals surface area (Å²) >= 11 is 0. The summed E-state index contributed by atoms with van der Waals surface area (Å²) in [7, 11) is 0. The molecule has 7 heteroatoms. The zero-order valence-electron chi connectivity index (χ0n) is 12.2. The highest BCUT2D eigenvalue weighted by Crippen LogP contribution is 2.49. The maximum atomic E-state index is 12.8. The Labute approximate surface area is 130 Å². The number of rotatable bonds is 3. The van der Waals surface area contributed by atoms with Crippen LogP contribution >= 0.6 is 0 Å². The van der Waals surface area contributed by atoms with Crippen molar-refractivity contribution in [2.75, 3.05) is 6.54 Å². The Hall–Kier alpha value is -2.05. The van der Waals surface area contributed by atoms with E-state index in [1.165, 1.54) is 11.0 Å². The molecule has 1 aliphatic carbocycles. The number of amides is 1. The first-order valence-corrected chi connectivity index (χ1v) is 7.49. The average molecular weight is 327 g/mol. The summed E-state index contributed by atoms with van der Waals surface area (Å²) in [6.07, 6.45) is -2.86. The van der Waals surface area contributed by atoms with Crippen LogP contribution in [0.15, 0.2) is 24.3 Å². The van der Waals surface area contributed by atoms with Crippen molar-refractivity contribution in [3.8, 4) is 0 Å². The highest BCUT2D eigenvalue weighted by molar-refractivity contribution is 5.88. The normalized spacial score (nSPS) is 27.1. The summed E-state index contributed by atoms with van der Waals surface area (Å²) in [6.45, 7) is 0.404. The van der Waals surface area contributed by atoms with Crippen molar-refractivity contribution < 1.29 is 27.9 Å². The lowest BCUT2D eigenvalue weighted by atomic mass is 10.0. The molecule has 1 heterocycles. The molecule has 1 saturated carbocycles. The van der Waals surface area contributed by atoms with Crippen molar-refractivity contribution in [2.45, 2.75) is 37.4 Å². The van der Waals surface area contributed by atoms with E-state index in [1.807, 2.05) is 0 Å². The van der Waals surface area contributed by atoms with Gasteiger partial charge in [-0.1, -0.05) is 18.2 Å². The fraction of sp³-hybridized carbons (Fsp3) is 0.500. The lowest BCUT2D eigenvalue weighted by molar-refractivity contribution is -0.148. The van der Waals surface area contributed by atoms with Crippen LogP contribution in [0.5, 0.6) is 0 Å². The first-order chi connectivity index (χ1) is 10.8.